The van der Waals surface area contributed by atoms with Gasteiger partial charge in [-0.15, -0.1) is 0 Å². The largest absolute Gasteiger partial charge is 0.490 e. The van der Waals surface area contributed by atoms with Gasteiger partial charge in [0.05, 0.1) is 36.2 Å². The summed E-state index contributed by atoms with van der Waals surface area (Å²) in [5.74, 6) is -0.00528. The molecule has 0 N–H and O–H groups in total. The molecule has 6 heteroatoms. The molecule has 0 aliphatic carbocycles. The van der Waals surface area contributed by atoms with Gasteiger partial charge in [0.15, 0.2) is 5.75 Å². The van der Waals surface area contributed by atoms with Crippen LogP contribution in [0, 0.1) is 32.8 Å². The van der Waals surface area contributed by atoms with E-state index in [0.29, 0.717) is 0 Å². The van der Waals surface area contributed by atoms with Crippen LogP contribution in [0.2, 0.25) is 0 Å². The second kappa shape index (κ2) is 4.76. The van der Waals surface area contributed by atoms with E-state index in [2.05, 4.69) is 0 Å². The van der Waals surface area contributed by atoms with E-state index < -0.39 is 4.92 Å². The van der Waals surface area contributed by atoms with Gasteiger partial charge in [-0.1, -0.05) is 0 Å². The maximum absolute atomic E-state index is 10.8. The molecule has 0 heterocycles. The molecule has 0 bridgehead atoms. The Kier molecular flexibility index (Phi) is 3.41. The minimum atomic E-state index is -0.618. The quantitative estimate of drug-likeness (QED) is 0.564. The lowest BCUT2D eigenvalue weighted by Gasteiger charge is -2.05. The summed E-state index contributed by atoms with van der Waals surface area (Å²) >= 11 is 0. The van der Waals surface area contributed by atoms with Crippen molar-refractivity contribution in [3.05, 3.63) is 33.4 Å². The molecule has 0 saturated heterocycles. The molecule has 0 atom stereocenters. The van der Waals surface area contributed by atoms with Gasteiger partial charge in [0.2, 0.25) is 0 Å². The average Bonchev–Trinajstić information content (AvgIpc) is 2.27. The summed E-state index contributed by atoms with van der Waals surface area (Å²) in [6.45, 7) is 0. The molecule has 1 rings (SSSR count). The van der Waals surface area contributed by atoms with Crippen LogP contribution in [0.1, 0.15) is 11.1 Å². The fourth-order valence-electron chi connectivity index (χ4n) is 1.31. The first-order valence-electron chi connectivity index (χ1n) is 4.26. The van der Waals surface area contributed by atoms with Crippen LogP contribution in [0.4, 0.5) is 5.69 Å². The number of nitriles is 2. The molecule has 1 aromatic rings. The number of nitro benzene ring substituents is 1. The number of benzene rings is 1. The van der Waals surface area contributed by atoms with Crippen LogP contribution in [0.25, 0.3) is 0 Å². The molecule has 0 amide bonds. The Morgan fingerprint density at radius 3 is 2.62 bits per heavy atom. The lowest BCUT2D eigenvalue weighted by atomic mass is 10.1. The van der Waals surface area contributed by atoms with Crippen molar-refractivity contribution in [3.8, 4) is 17.9 Å². The average molecular weight is 217 g/mol. The number of rotatable bonds is 3. The van der Waals surface area contributed by atoms with E-state index in [-0.39, 0.29) is 29.0 Å². The number of nitro groups is 1. The molecule has 80 valence electrons. The third-order valence-corrected chi connectivity index (χ3v) is 1.95. The first kappa shape index (κ1) is 11.5. The van der Waals surface area contributed by atoms with Gasteiger partial charge in [0.1, 0.15) is 0 Å². The van der Waals surface area contributed by atoms with Gasteiger partial charge in [-0.05, 0) is 6.07 Å². The molecule has 0 aromatic heterocycles. The number of nitrogens with zero attached hydrogens (tertiary/aromatic N) is 3. The van der Waals surface area contributed by atoms with Crippen molar-refractivity contribution in [2.75, 3.05) is 7.11 Å². The topological polar surface area (TPSA) is 99.9 Å². The van der Waals surface area contributed by atoms with Crippen LogP contribution in [0.5, 0.6) is 5.75 Å². The fourth-order valence-corrected chi connectivity index (χ4v) is 1.31. The summed E-state index contributed by atoms with van der Waals surface area (Å²) in [4.78, 5) is 10.2. The van der Waals surface area contributed by atoms with Gasteiger partial charge in [0.25, 0.3) is 0 Å². The lowest BCUT2D eigenvalue weighted by molar-refractivity contribution is -0.386. The summed E-state index contributed by atoms with van der Waals surface area (Å²) in [6.07, 6.45) is -0.137. The molecule has 0 aliphatic rings. The van der Waals surface area contributed by atoms with Crippen LogP contribution < -0.4 is 4.74 Å². The molecule has 16 heavy (non-hydrogen) atoms. The fraction of sp³-hybridized carbons (Fsp3) is 0.200. The van der Waals surface area contributed by atoms with Gasteiger partial charge >= 0.3 is 5.69 Å². The highest BCUT2D eigenvalue weighted by atomic mass is 16.6. The van der Waals surface area contributed by atoms with E-state index in [9.17, 15) is 10.1 Å². The molecule has 1 aromatic carbocycles. The van der Waals surface area contributed by atoms with Crippen LogP contribution in [0.15, 0.2) is 12.1 Å². The van der Waals surface area contributed by atoms with E-state index in [0.717, 1.165) is 0 Å². The van der Waals surface area contributed by atoms with Crippen molar-refractivity contribution in [1.29, 1.82) is 10.5 Å². The molecular formula is C10H7N3O3. The van der Waals surface area contributed by atoms with Crippen molar-refractivity contribution in [1.82, 2.24) is 0 Å². The summed E-state index contributed by atoms with van der Waals surface area (Å²) in [5, 5.41) is 28.1. The maximum atomic E-state index is 10.8. The molecule has 0 unspecified atom stereocenters. The van der Waals surface area contributed by atoms with E-state index in [1.807, 2.05) is 12.1 Å². The molecule has 0 radical (unpaired) electrons. The Balaban J connectivity index is 3.49. The second-order valence-corrected chi connectivity index (χ2v) is 2.89. The normalized spacial score (nSPS) is 8.94. The zero-order valence-corrected chi connectivity index (χ0v) is 8.43. The summed E-state index contributed by atoms with van der Waals surface area (Å²) < 4.78 is 4.83. The number of ether oxygens (including phenoxy) is 1. The van der Waals surface area contributed by atoms with E-state index in [1.54, 1.807) is 0 Å². The van der Waals surface area contributed by atoms with Crippen molar-refractivity contribution >= 4 is 5.69 Å². The van der Waals surface area contributed by atoms with E-state index >= 15 is 0 Å². The number of methoxy groups -OCH3 is 1. The van der Waals surface area contributed by atoms with Gasteiger partial charge in [-0.2, -0.15) is 10.5 Å². The summed E-state index contributed by atoms with van der Waals surface area (Å²) in [5.41, 5.74) is 0.152. The number of hydrogen-bond acceptors (Lipinski definition) is 5. The van der Waals surface area contributed by atoms with Crippen LogP contribution >= 0.6 is 0 Å². The second-order valence-electron chi connectivity index (χ2n) is 2.89. The van der Waals surface area contributed by atoms with Gasteiger partial charge in [-0.25, -0.2) is 0 Å². The van der Waals surface area contributed by atoms with Crippen molar-refractivity contribution in [3.63, 3.8) is 0 Å². The van der Waals surface area contributed by atoms with E-state index in [4.69, 9.17) is 15.3 Å². The van der Waals surface area contributed by atoms with Crippen LogP contribution in [-0.2, 0) is 6.42 Å². The van der Waals surface area contributed by atoms with Gasteiger partial charge < -0.3 is 4.74 Å². The highest BCUT2D eigenvalue weighted by molar-refractivity contribution is 5.58. The van der Waals surface area contributed by atoms with Crippen molar-refractivity contribution < 1.29 is 9.66 Å². The first-order valence-corrected chi connectivity index (χ1v) is 4.26. The third-order valence-electron chi connectivity index (χ3n) is 1.95. The minimum absolute atomic E-state index is 0.00528. The zero-order valence-electron chi connectivity index (χ0n) is 8.43. The highest BCUT2D eigenvalue weighted by Crippen LogP contribution is 2.32. The highest BCUT2D eigenvalue weighted by Gasteiger charge is 2.21. The molecule has 6 nitrogen and oxygen atoms in total. The Morgan fingerprint density at radius 1 is 1.50 bits per heavy atom. The Hall–Kier alpha value is -2.60. The smallest absolute Gasteiger partial charge is 0.315 e. The molecule has 0 aliphatic heterocycles. The van der Waals surface area contributed by atoms with E-state index in [1.165, 1.54) is 19.2 Å². The number of hydrogen-bond donors (Lipinski definition) is 0. The Bertz CT molecular complexity index is 511. The molecule has 0 spiro atoms. The Labute approximate surface area is 91.4 Å². The predicted octanol–water partition coefficient (Wildman–Crippen LogP) is 1.54. The van der Waals surface area contributed by atoms with Crippen molar-refractivity contribution in [2.45, 2.75) is 6.42 Å². The summed E-state index contributed by atoms with van der Waals surface area (Å²) in [6, 6.07) is 6.27. The van der Waals surface area contributed by atoms with Crippen LogP contribution in [-0.4, -0.2) is 12.0 Å². The minimum Gasteiger partial charge on any atom is -0.490 e. The monoisotopic (exact) mass is 217 g/mol. The van der Waals surface area contributed by atoms with Gasteiger partial charge in [-0.3, -0.25) is 10.1 Å². The van der Waals surface area contributed by atoms with Gasteiger partial charge in [0, 0.05) is 11.6 Å². The predicted molar refractivity (Wildman–Crippen MR) is 53.7 cm³/mol. The third kappa shape index (κ3) is 2.07. The summed E-state index contributed by atoms with van der Waals surface area (Å²) in [7, 11) is 1.28. The Morgan fingerprint density at radius 2 is 2.19 bits per heavy atom. The van der Waals surface area contributed by atoms with Crippen molar-refractivity contribution in [2.24, 2.45) is 0 Å². The molecular weight excluding hydrogens is 210 g/mol. The lowest BCUT2D eigenvalue weighted by Crippen LogP contribution is -1.99. The first-order chi connectivity index (χ1) is 7.63. The maximum Gasteiger partial charge on any atom is 0.315 e. The molecule has 0 saturated carbocycles. The zero-order chi connectivity index (χ0) is 12.1. The standard InChI is InChI=1S/C10H7N3O3/c1-16-9-5-7(6-12)4-8(2-3-11)10(9)13(14)15/h4-5H,2H2,1H3. The molecule has 0 fully saturated rings. The SMILES string of the molecule is COc1cc(C#N)cc(CC#N)c1[N+](=O)[O-]. The van der Waals surface area contributed by atoms with Crippen LogP contribution in [0.3, 0.4) is 0 Å².